The van der Waals surface area contributed by atoms with E-state index in [2.05, 4.69) is 19.9 Å². The summed E-state index contributed by atoms with van der Waals surface area (Å²) in [4.78, 5) is 15.6. The largest absolute Gasteiger partial charge is 0.243 e. The van der Waals surface area contributed by atoms with Crippen LogP contribution in [0.5, 0.6) is 0 Å². The van der Waals surface area contributed by atoms with Crippen LogP contribution in [-0.4, -0.2) is 19.9 Å². The molecule has 0 aromatic heterocycles. The molecule has 0 spiro atoms. The van der Waals surface area contributed by atoms with Gasteiger partial charge in [-0.2, -0.15) is 0 Å². The van der Waals surface area contributed by atoms with Crippen LogP contribution in [0, 0.1) is 0 Å². The molecule has 0 fully saturated rings. The molecule has 48 valence electrons. The summed E-state index contributed by atoms with van der Waals surface area (Å²) in [5, 5.41) is 0. The van der Waals surface area contributed by atoms with Gasteiger partial charge >= 0.3 is 0 Å². The van der Waals surface area contributed by atoms with Crippen molar-refractivity contribution in [2.75, 3.05) is 0 Å². The van der Waals surface area contributed by atoms with E-state index in [9.17, 15) is 0 Å². The Bertz CT molecular complexity index is 281. The normalized spacial score (nSPS) is 10.0. The van der Waals surface area contributed by atoms with Gasteiger partial charge < -0.3 is 0 Å². The van der Waals surface area contributed by atoms with Crippen molar-refractivity contribution in [3.63, 3.8) is 0 Å². The second kappa shape index (κ2) is 1.98. The standard InChI is InChI=1S/C6H4N4/c1-5-6(10-4-9-5)2-8-3-7-1/h1-4H. The van der Waals surface area contributed by atoms with Gasteiger partial charge in [-0.3, -0.25) is 0 Å². The maximum absolute atomic E-state index is 3.95. The van der Waals surface area contributed by atoms with Crippen LogP contribution in [0.3, 0.4) is 0 Å². The van der Waals surface area contributed by atoms with Gasteiger partial charge in [0.05, 0.1) is 12.4 Å². The summed E-state index contributed by atoms with van der Waals surface area (Å²) in [6.45, 7) is 0. The van der Waals surface area contributed by atoms with Gasteiger partial charge in [-0.15, -0.1) is 0 Å². The molecular formula is C6H4N4. The highest BCUT2D eigenvalue weighted by atomic mass is 14.9. The number of fused-ring (bicyclic) bond motifs is 1. The molecule has 0 aliphatic carbocycles. The number of imidazole rings is 1. The number of nitrogens with zero attached hydrogens (tertiary/aromatic N) is 4. The van der Waals surface area contributed by atoms with Crippen molar-refractivity contribution in [1.29, 1.82) is 0 Å². The minimum atomic E-state index is 0.775. The smallest absolute Gasteiger partial charge is 0.117 e. The van der Waals surface area contributed by atoms with Gasteiger partial charge in [-0.05, 0) is 0 Å². The van der Waals surface area contributed by atoms with E-state index >= 15 is 0 Å². The molecule has 0 atom stereocenters. The zero-order valence-electron chi connectivity index (χ0n) is 5.10. The van der Waals surface area contributed by atoms with Gasteiger partial charge in [0.1, 0.15) is 24.0 Å². The zero-order chi connectivity index (χ0) is 6.81. The van der Waals surface area contributed by atoms with Crippen molar-refractivity contribution in [2.24, 2.45) is 0 Å². The fraction of sp³-hybridized carbons (Fsp3) is 0. The molecule has 0 saturated carbocycles. The summed E-state index contributed by atoms with van der Waals surface area (Å²) in [6.07, 6.45) is 6.22. The van der Waals surface area contributed by atoms with Crippen LogP contribution in [0.2, 0.25) is 0 Å². The van der Waals surface area contributed by atoms with Crippen molar-refractivity contribution in [1.82, 2.24) is 19.9 Å². The molecule has 0 amide bonds. The Labute approximate surface area is 57.3 Å². The van der Waals surface area contributed by atoms with Crippen molar-refractivity contribution < 1.29 is 0 Å². The van der Waals surface area contributed by atoms with E-state index in [0.717, 1.165) is 11.4 Å². The first-order chi connectivity index (χ1) is 4.97. The Kier molecular flexibility index (Phi) is 1.04. The molecule has 0 bridgehead atoms. The number of hydrogen-bond donors (Lipinski definition) is 0. The fourth-order valence-corrected chi connectivity index (χ4v) is 0.731. The molecule has 0 aromatic carbocycles. The third-order valence-corrected chi connectivity index (χ3v) is 1.18. The van der Waals surface area contributed by atoms with E-state index < -0.39 is 0 Å². The van der Waals surface area contributed by atoms with Crippen LogP contribution < -0.4 is 0 Å². The van der Waals surface area contributed by atoms with E-state index in [1.807, 2.05) is 0 Å². The predicted molar refractivity (Wildman–Crippen MR) is 34.2 cm³/mol. The molecule has 2 aliphatic heterocycles. The predicted octanol–water partition coefficient (Wildman–Crippen LogP) is 0.371. The van der Waals surface area contributed by atoms with Crippen LogP contribution >= 0.6 is 0 Å². The maximum Gasteiger partial charge on any atom is 0.117 e. The zero-order valence-corrected chi connectivity index (χ0v) is 5.10. The van der Waals surface area contributed by atoms with Gasteiger partial charge in [0.15, 0.2) is 0 Å². The molecule has 4 nitrogen and oxygen atoms in total. The van der Waals surface area contributed by atoms with Gasteiger partial charge in [-0.25, -0.2) is 19.9 Å². The minimum absolute atomic E-state index is 0.775. The molecule has 2 aliphatic rings. The number of hydrogen-bond acceptors (Lipinski definition) is 4. The van der Waals surface area contributed by atoms with Gasteiger partial charge in [0, 0.05) is 0 Å². The Morgan fingerprint density at radius 1 is 0.800 bits per heavy atom. The molecule has 0 aromatic rings. The summed E-state index contributed by atoms with van der Waals surface area (Å²) >= 11 is 0. The van der Waals surface area contributed by atoms with E-state index in [1.165, 1.54) is 12.7 Å². The van der Waals surface area contributed by atoms with Gasteiger partial charge in [0.2, 0.25) is 0 Å². The summed E-state index contributed by atoms with van der Waals surface area (Å²) in [7, 11) is 0. The van der Waals surface area contributed by atoms with Gasteiger partial charge in [0.25, 0.3) is 0 Å². The lowest BCUT2D eigenvalue weighted by Gasteiger charge is -1.79. The SMILES string of the molecule is c1ncc2ncnc-2cn1. The monoisotopic (exact) mass is 132 g/mol. The Morgan fingerprint density at radius 3 is 2.00 bits per heavy atom. The van der Waals surface area contributed by atoms with Crippen LogP contribution in [-0.2, 0) is 0 Å². The molecule has 10 heavy (non-hydrogen) atoms. The Morgan fingerprint density at radius 2 is 1.40 bits per heavy atom. The molecule has 2 heterocycles. The van der Waals surface area contributed by atoms with Crippen molar-refractivity contribution in [3.8, 4) is 11.4 Å². The van der Waals surface area contributed by atoms with E-state index in [4.69, 9.17) is 0 Å². The second-order valence-corrected chi connectivity index (χ2v) is 1.82. The molecule has 0 N–H and O–H groups in total. The highest BCUT2D eigenvalue weighted by Gasteiger charge is 2.00. The van der Waals surface area contributed by atoms with E-state index in [1.54, 1.807) is 12.4 Å². The first-order valence-electron chi connectivity index (χ1n) is 2.82. The first kappa shape index (κ1) is 5.22. The lowest BCUT2D eigenvalue weighted by atomic mass is 10.4. The average molecular weight is 132 g/mol. The van der Waals surface area contributed by atoms with E-state index in [-0.39, 0.29) is 0 Å². The number of rotatable bonds is 0. The summed E-state index contributed by atoms with van der Waals surface area (Å²) in [5.74, 6) is 0. The molecule has 0 unspecified atom stereocenters. The summed E-state index contributed by atoms with van der Waals surface area (Å²) in [6, 6.07) is 0. The average Bonchev–Trinajstić information content (AvgIpc) is 2.28. The minimum Gasteiger partial charge on any atom is -0.243 e. The summed E-state index contributed by atoms with van der Waals surface area (Å²) < 4.78 is 0. The quantitative estimate of drug-likeness (QED) is 0.519. The highest BCUT2D eigenvalue weighted by Crippen LogP contribution is 2.09. The fourth-order valence-electron chi connectivity index (χ4n) is 0.731. The summed E-state index contributed by atoms with van der Waals surface area (Å²) in [5.41, 5.74) is 1.55. The molecule has 2 rings (SSSR count). The van der Waals surface area contributed by atoms with Crippen molar-refractivity contribution in [2.45, 2.75) is 0 Å². The van der Waals surface area contributed by atoms with Gasteiger partial charge in [-0.1, -0.05) is 0 Å². The second-order valence-electron chi connectivity index (χ2n) is 1.82. The van der Waals surface area contributed by atoms with Crippen LogP contribution in [0.1, 0.15) is 0 Å². The third-order valence-electron chi connectivity index (χ3n) is 1.18. The van der Waals surface area contributed by atoms with Crippen LogP contribution in [0.15, 0.2) is 25.0 Å². The van der Waals surface area contributed by atoms with Crippen LogP contribution in [0.4, 0.5) is 0 Å². The van der Waals surface area contributed by atoms with Crippen LogP contribution in [0.25, 0.3) is 11.4 Å². The lowest BCUT2D eigenvalue weighted by molar-refractivity contribution is 1.21. The van der Waals surface area contributed by atoms with Crippen molar-refractivity contribution in [3.05, 3.63) is 25.0 Å². The molecule has 4 heteroatoms. The van der Waals surface area contributed by atoms with E-state index in [0.29, 0.717) is 0 Å². The molecule has 0 saturated heterocycles. The molecule has 0 radical (unpaired) electrons. The van der Waals surface area contributed by atoms with Crippen molar-refractivity contribution >= 4 is 0 Å². The Hall–Kier alpha value is -1.58. The lowest BCUT2D eigenvalue weighted by Crippen LogP contribution is -1.70. The maximum atomic E-state index is 3.95. The molecular weight excluding hydrogens is 128 g/mol. The Balaban J connectivity index is 2.74. The highest BCUT2D eigenvalue weighted by molar-refractivity contribution is 5.51. The number of aromatic nitrogens is 4. The first-order valence-corrected chi connectivity index (χ1v) is 2.82. The topological polar surface area (TPSA) is 51.6 Å². The third kappa shape index (κ3) is 0.699.